The molecular weight excluding hydrogens is 312 g/mol. The van der Waals surface area contributed by atoms with E-state index in [-0.39, 0.29) is 5.91 Å². The van der Waals surface area contributed by atoms with Gasteiger partial charge in [0, 0.05) is 37.1 Å². The number of benzene rings is 1. The van der Waals surface area contributed by atoms with Crippen molar-refractivity contribution in [3.8, 4) is 0 Å². The van der Waals surface area contributed by atoms with Crippen LogP contribution in [0.15, 0.2) is 55.2 Å². The van der Waals surface area contributed by atoms with Crippen LogP contribution in [-0.4, -0.2) is 38.8 Å². The summed E-state index contributed by atoms with van der Waals surface area (Å²) in [6, 6.07) is 10.6. The number of rotatable bonds is 3. The summed E-state index contributed by atoms with van der Waals surface area (Å²) < 4.78 is 0. The molecule has 0 aliphatic carbocycles. The zero-order valence-electron chi connectivity index (χ0n) is 14.0. The number of fused-ring (bicyclic) bond motifs is 1. The minimum absolute atomic E-state index is 0.0378. The fourth-order valence-electron chi connectivity index (χ4n) is 3.52. The van der Waals surface area contributed by atoms with E-state index in [1.165, 1.54) is 17.3 Å². The van der Waals surface area contributed by atoms with Crippen LogP contribution < -0.4 is 0 Å². The highest BCUT2D eigenvalue weighted by molar-refractivity contribution is 5.93. The molecule has 1 saturated heterocycles. The van der Waals surface area contributed by atoms with Crippen LogP contribution in [0.25, 0.3) is 10.9 Å². The van der Waals surface area contributed by atoms with Gasteiger partial charge >= 0.3 is 0 Å². The zero-order valence-corrected chi connectivity index (χ0v) is 14.0. The summed E-state index contributed by atoms with van der Waals surface area (Å²) in [6.45, 7) is 1.60. The molecule has 3 aromatic rings. The number of carbonyl (C=O) groups is 1. The number of likely N-dealkylation sites (tertiary alicyclic amines) is 1. The molecule has 0 saturated carbocycles. The maximum atomic E-state index is 12.5. The van der Waals surface area contributed by atoms with Gasteiger partial charge in [0.1, 0.15) is 6.33 Å². The summed E-state index contributed by atoms with van der Waals surface area (Å²) >= 11 is 0. The Hall–Kier alpha value is -2.82. The molecule has 5 nitrogen and oxygen atoms in total. The van der Waals surface area contributed by atoms with Crippen molar-refractivity contribution in [1.29, 1.82) is 0 Å². The molecule has 25 heavy (non-hydrogen) atoms. The first-order valence-electron chi connectivity index (χ1n) is 8.67. The summed E-state index contributed by atoms with van der Waals surface area (Å²) in [5, 5.41) is 1.19. The monoisotopic (exact) mass is 332 g/mol. The van der Waals surface area contributed by atoms with Crippen LogP contribution in [0.4, 0.5) is 0 Å². The van der Waals surface area contributed by atoms with Crippen molar-refractivity contribution >= 4 is 16.8 Å². The van der Waals surface area contributed by atoms with Crippen molar-refractivity contribution in [2.45, 2.75) is 19.3 Å². The van der Waals surface area contributed by atoms with Gasteiger partial charge in [-0.2, -0.15) is 0 Å². The fourth-order valence-corrected chi connectivity index (χ4v) is 3.52. The lowest BCUT2D eigenvalue weighted by molar-refractivity contribution is 0.0689. The van der Waals surface area contributed by atoms with Crippen LogP contribution in [0, 0.1) is 5.92 Å². The molecule has 1 fully saturated rings. The highest BCUT2D eigenvalue weighted by atomic mass is 16.2. The summed E-state index contributed by atoms with van der Waals surface area (Å²) in [5.74, 6) is 0.654. The molecule has 1 aromatic carbocycles. The van der Waals surface area contributed by atoms with E-state index in [0.29, 0.717) is 11.5 Å². The number of hydrogen-bond donors (Lipinski definition) is 0. The van der Waals surface area contributed by atoms with Gasteiger partial charge in [-0.05, 0) is 48.9 Å². The molecule has 0 radical (unpaired) electrons. The first kappa shape index (κ1) is 15.7. The Morgan fingerprint density at radius 1 is 1.12 bits per heavy atom. The van der Waals surface area contributed by atoms with E-state index in [1.807, 2.05) is 17.2 Å². The number of hydrogen-bond acceptors (Lipinski definition) is 4. The standard InChI is InChI=1S/C20H20N4O/c25-20(18-12-21-14-22-13-18)24-8-5-15(6-9-24)10-16-3-4-19-17(11-16)2-1-7-23-19/h1-4,7,11-15H,5-6,8-10H2. The molecule has 3 heterocycles. The molecule has 1 aliphatic rings. The van der Waals surface area contributed by atoms with Crippen molar-refractivity contribution < 1.29 is 4.79 Å². The Morgan fingerprint density at radius 2 is 1.92 bits per heavy atom. The van der Waals surface area contributed by atoms with Gasteiger partial charge < -0.3 is 4.90 Å². The van der Waals surface area contributed by atoms with Crippen molar-refractivity contribution in [3.63, 3.8) is 0 Å². The van der Waals surface area contributed by atoms with Gasteiger partial charge in [-0.3, -0.25) is 9.78 Å². The lowest BCUT2D eigenvalue weighted by Crippen LogP contribution is -2.39. The van der Waals surface area contributed by atoms with Gasteiger partial charge in [-0.25, -0.2) is 9.97 Å². The van der Waals surface area contributed by atoms with Gasteiger partial charge in [-0.15, -0.1) is 0 Å². The third-order valence-corrected chi connectivity index (χ3v) is 4.90. The Labute approximate surface area is 146 Å². The highest BCUT2D eigenvalue weighted by Gasteiger charge is 2.24. The van der Waals surface area contributed by atoms with Crippen LogP contribution in [0.1, 0.15) is 28.8 Å². The molecule has 1 aliphatic heterocycles. The van der Waals surface area contributed by atoms with Gasteiger partial charge in [0.2, 0.25) is 0 Å². The number of carbonyl (C=O) groups excluding carboxylic acids is 1. The molecule has 4 rings (SSSR count). The summed E-state index contributed by atoms with van der Waals surface area (Å²) in [6.07, 6.45) is 9.57. The SMILES string of the molecule is O=C(c1cncnc1)N1CCC(Cc2ccc3ncccc3c2)CC1. The average molecular weight is 332 g/mol. The largest absolute Gasteiger partial charge is 0.339 e. The molecule has 0 N–H and O–H groups in total. The van der Waals surface area contributed by atoms with E-state index in [1.54, 1.807) is 12.4 Å². The number of aromatic nitrogens is 3. The topological polar surface area (TPSA) is 59.0 Å². The lowest BCUT2D eigenvalue weighted by atomic mass is 9.89. The van der Waals surface area contributed by atoms with Crippen molar-refractivity contribution in [2.75, 3.05) is 13.1 Å². The first-order chi connectivity index (χ1) is 12.3. The highest BCUT2D eigenvalue weighted by Crippen LogP contribution is 2.24. The number of pyridine rings is 1. The summed E-state index contributed by atoms with van der Waals surface area (Å²) in [5.41, 5.74) is 2.96. The lowest BCUT2D eigenvalue weighted by Gasteiger charge is -2.32. The molecule has 0 bridgehead atoms. The van der Waals surface area contributed by atoms with Crippen molar-refractivity contribution in [2.24, 2.45) is 5.92 Å². The average Bonchev–Trinajstić information content (AvgIpc) is 2.69. The van der Waals surface area contributed by atoms with Crippen LogP contribution in [0.2, 0.25) is 0 Å². The maximum Gasteiger partial charge on any atom is 0.256 e. The van der Waals surface area contributed by atoms with Crippen LogP contribution in [0.5, 0.6) is 0 Å². The van der Waals surface area contributed by atoms with Gasteiger partial charge in [0.15, 0.2) is 0 Å². The van der Waals surface area contributed by atoms with E-state index < -0.39 is 0 Å². The second-order valence-electron chi connectivity index (χ2n) is 6.60. The first-order valence-corrected chi connectivity index (χ1v) is 8.67. The fraction of sp³-hybridized carbons (Fsp3) is 0.300. The van der Waals surface area contributed by atoms with Gasteiger partial charge in [-0.1, -0.05) is 12.1 Å². The molecule has 0 spiro atoms. The van der Waals surface area contributed by atoms with Crippen LogP contribution in [0.3, 0.4) is 0 Å². The number of amides is 1. The van der Waals surface area contributed by atoms with E-state index in [2.05, 4.69) is 39.2 Å². The Kier molecular flexibility index (Phi) is 4.37. The second-order valence-corrected chi connectivity index (χ2v) is 6.60. The van der Waals surface area contributed by atoms with E-state index in [9.17, 15) is 4.79 Å². The molecule has 2 aromatic heterocycles. The zero-order chi connectivity index (χ0) is 17.1. The van der Waals surface area contributed by atoms with Crippen molar-refractivity contribution in [1.82, 2.24) is 19.9 Å². The Bertz CT molecular complexity index is 873. The molecule has 1 amide bonds. The van der Waals surface area contributed by atoms with E-state index >= 15 is 0 Å². The van der Waals surface area contributed by atoms with E-state index in [0.717, 1.165) is 37.9 Å². The van der Waals surface area contributed by atoms with Crippen LogP contribution >= 0.6 is 0 Å². The summed E-state index contributed by atoms with van der Waals surface area (Å²) in [4.78, 5) is 26.6. The smallest absolute Gasteiger partial charge is 0.256 e. The number of nitrogens with zero attached hydrogens (tertiary/aromatic N) is 4. The molecular formula is C20H20N4O. The summed E-state index contributed by atoms with van der Waals surface area (Å²) in [7, 11) is 0. The second kappa shape index (κ2) is 6.97. The molecule has 0 atom stereocenters. The third kappa shape index (κ3) is 3.50. The molecule has 0 unspecified atom stereocenters. The normalized spacial score (nSPS) is 15.4. The van der Waals surface area contributed by atoms with Crippen LogP contribution in [-0.2, 0) is 6.42 Å². The predicted molar refractivity (Wildman–Crippen MR) is 96.1 cm³/mol. The molecule has 126 valence electrons. The molecule has 5 heteroatoms. The minimum Gasteiger partial charge on any atom is -0.339 e. The maximum absolute atomic E-state index is 12.5. The number of piperidine rings is 1. The van der Waals surface area contributed by atoms with Crippen molar-refractivity contribution in [3.05, 3.63) is 66.4 Å². The van der Waals surface area contributed by atoms with E-state index in [4.69, 9.17) is 0 Å². The predicted octanol–water partition coefficient (Wildman–Crippen LogP) is 3.12. The third-order valence-electron chi connectivity index (χ3n) is 4.90. The van der Waals surface area contributed by atoms with Gasteiger partial charge in [0.05, 0.1) is 11.1 Å². The quantitative estimate of drug-likeness (QED) is 0.739. The Balaban J connectivity index is 1.37. The Morgan fingerprint density at radius 3 is 2.72 bits per heavy atom. The minimum atomic E-state index is 0.0378. The van der Waals surface area contributed by atoms with Gasteiger partial charge in [0.25, 0.3) is 5.91 Å².